The van der Waals surface area contributed by atoms with Crippen LogP contribution < -0.4 is 20.7 Å². The van der Waals surface area contributed by atoms with Crippen LogP contribution in [0.15, 0.2) is 241 Å². The monoisotopic (exact) mass is 847 g/mol. The highest BCUT2D eigenvalue weighted by atomic mass is 28.3. The molecule has 3 heteroatoms. The molecule has 12 rings (SSSR count). The standard InChI is InChI=1S/C62H45NOSi/c1-42-38-47(44-22-8-3-9-23-44)39-43(2)62(42)65(48-28-14-6-15-29-48,49-30-16-7-17-31-49)50-40-54(45-24-10-4-11-25-45)60(55(41-50)46-26-12-5-13-27-46)63-56-34-20-18-33-53(56)59-57(63)37-36-52-51-32-19-21-35-58(51)64-61(52)59/h3-41H,1-2H3. The van der Waals surface area contributed by atoms with Gasteiger partial charge in [-0.25, -0.2) is 0 Å². The van der Waals surface area contributed by atoms with E-state index in [0.717, 1.165) is 60.6 Å². The predicted molar refractivity (Wildman–Crippen MR) is 277 cm³/mol. The molecule has 0 bridgehead atoms. The Hall–Kier alpha value is -7.98. The Labute approximate surface area is 380 Å². The van der Waals surface area contributed by atoms with E-state index in [9.17, 15) is 0 Å². The van der Waals surface area contributed by atoms with E-state index in [0.29, 0.717) is 0 Å². The van der Waals surface area contributed by atoms with Gasteiger partial charge >= 0.3 is 0 Å². The lowest BCUT2D eigenvalue weighted by Crippen LogP contribution is -2.76. The summed E-state index contributed by atoms with van der Waals surface area (Å²) in [6.45, 7) is 4.67. The third-order valence-electron chi connectivity index (χ3n) is 13.5. The lowest BCUT2D eigenvalue weighted by molar-refractivity contribution is 0.673. The lowest BCUT2D eigenvalue weighted by atomic mass is 9.95. The Morgan fingerprint density at radius 1 is 0.369 bits per heavy atom. The first-order chi connectivity index (χ1) is 32.1. The average Bonchev–Trinajstić information content (AvgIpc) is 3.92. The Morgan fingerprint density at radius 3 is 1.42 bits per heavy atom. The van der Waals surface area contributed by atoms with Crippen molar-refractivity contribution in [1.29, 1.82) is 0 Å². The molecule has 10 aromatic carbocycles. The van der Waals surface area contributed by atoms with Crippen LogP contribution in [0.5, 0.6) is 0 Å². The van der Waals surface area contributed by atoms with Gasteiger partial charge in [-0.1, -0.05) is 212 Å². The number of hydrogen-bond donors (Lipinski definition) is 0. The molecule has 2 heterocycles. The molecule has 0 aliphatic heterocycles. The molecule has 0 saturated carbocycles. The van der Waals surface area contributed by atoms with Crippen molar-refractivity contribution < 1.29 is 4.42 Å². The zero-order chi connectivity index (χ0) is 43.5. The summed E-state index contributed by atoms with van der Waals surface area (Å²) in [4.78, 5) is 0. The van der Waals surface area contributed by atoms with Gasteiger partial charge in [0.05, 0.1) is 22.1 Å². The van der Waals surface area contributed by atoms with Gasteiger partial charge in [-0.05, 0) is 92.2 Å². The first kappa shape index (κ1) is 38.7. The van der Waals surface area contributed by atoms with Crippen LogP contribution in [0.3, 0.4) is 0 Å². The van der Waals surface area contributed by atoms with Crippen molar-refractivity contribution in [2.45, 2.75) is 13.8 Å². The van der Waals surface area contributed by atoms with E-state index < -0.39 is 8.07 Å². The summed E-state index contributed by atoms with van der Waals surface area (Å²) in [6, 6.07) is 87.4. The second-order valence-electron chi connectivity index (χ2n) is 17.3. The van der Waals surface area contributed by atoms with E-state index in [-0.39, 0.29) is 0 Å². The number of para-hydroxylation sites is 2. The largest absolute Gasteiger partial charge is 0.455 e. The maximum absolute atomic E-state index is 6.81. The summed E-state index contributed by atoms with van der Waals surface area (Å²) in [7, 11) is -3.14. The van der Waals surface area contributed by atoms with Crippen LogP contribution in [0, 0.1) is 13.8 Å². The molecule has 0 atom stereocenters. The normalized spacial score (nSPS) is 11.8. The van der Waals surface area contributed by atoms with E-state index in [1.165, 1.54) is 54.1 Å². The van der Waals surface area contributed by atoms with Crippen LogP contribution in [0.1, 0.15) is 11.1 Å². The molecule has 0 saturated heterocycles. The number of aromatic nitrogens is 1. The van der Waals surface area contributed by atoms with Crippen LogP contribution in [-0.4, -0.2) is 12.6 Å². The van der Waals surface area contributed by atoms with Gasteiger partial charge in [0.2, 0.25) is 0 Å². The van der Waals surface area contributed by atoms with Gasteiger partial charge in [0.1, 0.15) is 11.2 Å². The van der Waals surface area contributed by atoms with Crippen LogP contribution >= 0.6 is 0 Å². The Morgan fingerprint density at radius 2 is 0.846 bits per heavy atom. The summed E-state index contributed by atoms with van der Waals surface area (Å²) in [5, 5.41) is 9.99. The fourth-order valence-electron chi connectivity index (χ4n) is 10.9. The molecule has 0 aliphatic rings. The summed E-state index contributed by atoms with van der Waals surface area (Å²) in [5.74, 6) is 0. The van der Waals surface area contributed by atoms with Crippen molar-refractivity contribution in [3.8, 4) is 39.1 Å². The molecule has 0 spiro atoms. The van der Waals surface area contributed by atoms with Gasteiger partial charge in [-0.2, -0.15) is 0 Å². The van der Waals surface area contributed by atoms with Crippen LogP contribution in [0.4, 0.5) is 0 Å². The van der Waals surface area contributed by atoms with Gasteiger partial charge in [0.15, 0.2) is 8.07 Å². The third-order valence-corrected chi connectivity index (χ3v) is 18.6. The number of furan rings is 1. The van der Waals surface area contributed by atoms with Gasteiger partial charge in [0, 0.05) is 27.3 Å². The molecule has 0 aliphatic carbocycles. The van der Waals surface area contributed by atoms with Crippen LogP contribution in [0.2, 0.25) is 0 Å². The average molecular weight is 848 g/mol. The van der Waals surface area contributed by atoms with Crippen molar-refractivity contribution in [3.05, 3.63) is 248 Å². The molecule has 2 nitrogen and oxygen atoms in total. The smallest absolute Gasteiger partial charge is 0.180 e. The maximum atomic E-state index is 6.81. The quantitative estimate of drug-likeness (QED) is 0.110. The van der Waals surface area contributed by atoms with Gasteiger partial charge in [-0.3, -0.25) is 0 Å². The molecule has 0 fully saturated rings. The van der Waals surface area contributed by atoms with E-state index >= 15 is 0 Å². The van der Waals surface area contributed by atoms with Gasteiger partial charge in [0.25, 0.3) is 0 Å². The first-order valence-electron chi connectivity index (χ1n) is 22.5. The highest BCUT2D eigenvalue weighted by molar-refractivity contribution is 7.20. The summed E-state index contributed by atoms with van der Waals surface area (Å²) in [6.07, 6.45) is 0. The SMILES string of the molecule is Cc1cc(-c2ccccc2)cc(C)c1[Si](c1ccccc1)(c1ccccc1)c1cc(-c2ccccc2)c(-n2c3ccccc3c3c4oc5ccccc5c4ccc32)c(-c2ccccc2)c1. The molecule has 0 N–H and O–H groups in total. The molecule has 0 amide bonds. The van der Waals surface area contributed by atoms with E-state index in [2.05, 4.69) is 255 Å². The van der Waals surface area contributed by atoms with Crippen LogP contribution in [0.25, 0.3) is 82.8 Å². The zero-order valence-corrected chi connectivity index (χ0v) is 37.4. The van der Waals surface area contributed by atoms with Crippen LogP contribution in [-0.2, 0) is 0 Å². The molecule has 2 aromatic heterocycles. The molecular formula is C62H45NOSi. The number of fused-ring (bicyclic) bond motifs is 7. The molecule has 308 valence electrons. The first-order valence-corrected chi connectivity index (χ1v) is 24.5. The van der Waals surface area contributed by atoms with Crippen molar-refractivity contribution in [2.24, 2.45) is 0 Å². The minimum absolute atomic E-state index is 0.900. The summed E-state index contributed by atoms with van der Waals surface area (Å²) < 4.78 is 9.33. The third kappa shape index (κ3) is 6.15. The Bertz CT molecular complexity index is 3580. The van der Waals surface area contributed by atoms with Crippen molar-refractivity contribution in [3.63, 3.8) is 0 Å². The Balaban J connectivity index is 1.26. The minimum atomic E-state index is -3.14. The van der Waals surface area contributed by atoms with Gasteiger partial charge < -0.3 is 8.98 Å². The van der Waals surface area contributed by atoms with E-state index in [4.69, 9.17) is 4.42 Å². The molecular weight excluding hydrogens is 803 g/mol. The van der Waals surface area contributed by atoms with E-state index in [1.807, 2.05) is 0 Å². The second kappa shape index (κ2) is 15.7. The lowest BCUT2D eigenvalue weighted by Gasteiger charge is -2.38. The maximum Gasteiger partial charge on any atom is 0.180 e. The summed E-state index contributed by atoms with van der Waals surface area (Å²) >= 11 is 0. The highest BCUT2D eigenvalue weighted by Gasteiger charge is 2.44. The molecule has 12 aromatic rings. The van der Waals surface area contributed by atoms with E-state index in [1.54, 1.807) is 0 Å². The minimum Gasteiger partial charge on any atom is -0.455 e. The number of hydrogen-bond acceptors (Lipinski definition) is 1. The van der Waals surface area contributed by atoms with Gasteiger partial charge in [-0.15, -0.1) is 0 Å². The Kier molecular flexibility index (Phi) is 9.32. The summed E-state index contributed by atoms with van der Waals surface area (Å²) in [5.41, 5.74) is 14.9. The fourth-order valence-corrected chi connectivity index (χ4v) is 16.2. The van der Waals surface area contributed by atoms with Crippen molar-refractivity contribution in [2.75, 3.05) is 0 Å². The number of benzene rings is 10. The number of nitrogens with zero attached hydrogens (tertiary/aromatic N) is 1. The molecule has 0 unspecified atom stereocenters. The van der Waals surface area contributed by atoms with Crippen molar-refractivity contribution >= 4 is 72.6 Å². The second-order valence-corrected chi connectivity index (χ2v) is 21.0. The fraction of sp³-hybridized carbons (Fsp3) is 0.0323. The molecule has 65 heavy (non-hydrogen) atoms. The zero-order valence-electron chi connectivity index (χ0n) is 36.4. The topological polar surface area (TPSA) is 18.1 Å². The highest BCUT2D eigenvalue weighted by Crippen LogP contribution is 2.45. The predicted octanol–water partition coefficient (Wildman–Crippen LogP) is 13.7. The number of aryl methyl sites for hydroxylation is 2. The number of rotatable bonds is 8. The van der Waals surface area contributed by atoms with Crippen molar-refractivity contribution in [1.82, 2.24) is 4.57 Å². The molecule has 0 radical (unpaired) electrons.